The minimum atomic E-state index is 0. The second-order valence-corrected chi connectivity index (χ2v) is 6.92. The Bertz CT molecular complexity index is 769. The van der Waals surface area contributed by atoms with E-state index >= 15 is 0 Å². The highest BCUT2D eigenvalue weighted by molar-refractivity contribution is 14.0. The van der Waals surface area contributed by atoms with Gasteiger partial charge < -0.3 is 24.4 Å². The number of nitrogens with zero attached hydrogens (tertiary/aromatic N) is 4. The fourth-order valence-electron chi connectivity index (χ4n) is 3.23. The van der Waals surface area contributed by atoms with Crippen LogP contribution in [0.5, 0.6) is 5.75 Å². The Morgan fingerprint density at radius 3 is 2.57 bits per heavy atom. The lowest BCUT2D eigenvalue weighted by molar-refractivity contribution is 0.353. The second-order valence-electron chi connectivity index (χ2n) is 6.92. The Labute approximate surface area is 184 Å². The molecule has 3 rings (SSSR count). The van der Waals surface area contributed by atoms with E-state index in [4.69, 9.17) is 9.26 Å². The van der Waals surface area contributed by atoms with Gasteiger partial charge in [0.1, 0.15) is 5.75 Å². The molecule has 7 nitrogen and oxygen atoms in total. The molecule has 1 saturated heterocycles. The molecule has 1 aliphatic rings. The van der Waals surface area contributed by atoms with E-state index in [1.54, 1.807) is 7.11 Å². The predicted molar refractivity (Wildman–Crippen MR) is 123 cm³/mol. The largest absolute Gasteiger partial charge is 0.495 e. The number of aromatic nitrogens is 1. The summed E-state index contributed by atoms with van der Waals surface area (Å²) in [6.07, 6.45) is 0. The van der Waals surface area contributed by atoms with Crippen LogP contribution in [0.25, 0.3) is 0 Å². The molecule has 8 heteroatoms. The normalized spacial score (nSPS) is 14.8. The summed E-state index contributed by atoms with van der Waals surface area (Å²) in [6, 6.07) is 10.2. The van der Waals surface area contributed by atoms with Crippen molar-refractivity contribution in [3.63, 3.8) is 0 Å². The zero-order valence-corrected chi connectivity index (χ0v) is 19.3. The molecule has 0 unspecified atom stereocenters. The van der Waals surface area contributed by atoms with Crippen LogP contribution < -0.4 is 15.0 Å². The van der Waals surface area contributed by atoms with Crippen molar-refractivity contribution in [3.05, 3.63) is 41.8 Å². The summed E-state index contributed by atoms with van der Waals surface area (Å²) in [7, 11) is 3.53. The maximum absolute atomic E-state index is 5.49. The average Bonchev–Trinajstić information content (AvgIpc) is 3.18. The van der Waals surface area contributed by atoms with Gasteiger partial charge in [0.05, 0.1) is 25.0 Å². The molecule has 0 saturated carbocycles. The summed E-state index contributed by atoms with van der Waals surface area (Å²) in [6.45, 7) is 8.42. The highest BCUT2D eigenvalue weighted by Gasteiger charge is 2.21. The number of para-hydroxylation sites is 2. The van der Waals surface area contributed by atoms with Crippen LogP contribution in [0, 0.1) is 0 Å². The molecule has 1 aliphatic heterocycles. The number of guanidine groups is 1. The van der Waals surface area contributed by atoms with Crippen molar-refractivity contribution in [1.82, 2.24) is 15.4 Å². The van der Waals surface area contributed by atoms with Gasteiger partial charge in [-0.25, -0.2) is 0 Å². The van der Waals surface area contributed by atoms with Gasteiger partial charge in [-0.1, -0.05) is 31.1 Å². The molecular formula is C20H30IN5O2. The lowest BCUT2D eigenvalue weighted by Crippen LogP contribution is -2.52. The molecule has 28 heavy (non-hydrogen) atoms. The number of rotatable bonds is 5. The number of anilines is 1. The third-order valence-corrected chi connectivity index (χ3v) is 4.81. The first kappa shape index (κ1) is 22.3. The Balaban J connectivity index is 0.00000280. The highest BCUT2D eigenvalue weighted by atomic mass is 127. The van der Waals surface area contributed by atoms with Gasteiger partial charge in [-0.2, -0.15) is 0 Å². The summed E-state index contributed by atoms with van der Waals surface area (Å²) < 4.78 is 10.9. The number of halogens is 1. The molecule has 0 amide bonds. The van der Waals surface area contributed by atoms with E-state index in [1.165, 1.54) is 0 Å². The summed E-state index contributed by atoms with van der Waals surface area (Å²) >= 11 is 0. The standard InChI is InChI=1S/C20H29N5O2.HI/c1-15(2)17-13-16(27-23-17)14-22-20(21-3)25-11-9-24(10-12-25)18-7-5-6-8-19(18)26-4;/h5-8,13,15H,9-12,14H2,1-4H3,(H,21,22);1H. The third kappa shape index (κ3) is 5.30. The number of hydrogen-bond acceptors (Lipinski definition) is 5. The number of methoxy groups -OCH3 is 1. The van der Waals surface area contributed by atoms with E-state index in [9.17, 15) is 0 Å². The number of piperazine rings is 1. The van der Waals surface area contributed by atoms with Gasteiger partial charge in [-0.05, 0) is 18.1 Å². The minimum Gasteiger partial charge on any atom is -0.495 e. The average molecular weight is 499 g/mol. The fourth-order valence-corrected chi connectivity index (χ4v) is 3.23. The Morgan fingerprint density at radius 1 is 1.25 bits per heavy atom. The first-order valence-electron chi connectivity index (χ1n) is 9.41. The van der Waals surface area contributed by atoms with Crippen LogP contribution in [0.2, 0.25) is 0 Å². The molecule has 1 fully saturated rings. The SMILES string of the molecule is CN=C(NCc1cc(C(C)C)no1)N1CCN(c2ccccc2OC)CC1.I. The van der Waals surface area contributed by atoms with Crippen molar-refractivity contribution in [2.75, 3.05) is 45.2 Å². The van der Waals surface area contributed by atoms with Gasteiger partial charge in [0.2, 0.25) is 0 Å². The topological polar surface area (TPSA) is 66.1 Å². The van der Waals surface area contributed by atoms with Crippen LogP contribution >= 0.6 is 24.0 Å². The van der Waals surface area contributed by atoms with Crippen molar-refractivity contribution >= 4 is 35.6 Å². The third-order valence-electron chi connectivity index (χ3n) is 4.81. The summed E-state index contributed by atoms with van der Waals surface area (Å²) in [4.78, 5) is 9.05. The first-order valence-corrected chi connectivity index (χ1v) is 9.41. The molecule has 0 spiro atoms. The molecule has 0 aliphatic carbocycles. The monoisotopic (exact) mass is 499 g/mol. The van der Waals surface area contributed by atoms with Gasteiger partial charge in [-0.15, -0.1) is 24.0 Å². The number of aliphatic imine (C=N–C) groups is 1. The van der Waals surface area contributed by atoms with Crippen LogP contribution in [0.4, 0.5) is 5.69 Å². The highest BCUT2D eigenvalue weighted by Crippen LogP contribution is 2.28. The van der Waals surface area contributed by atoms with Crippen molar-refractivity contribution in [2.45, 2.75) is 26.3 Å². The van der Waals surface area contributed by atoms with Crippen LogP contribution in [0.3, 0.4) is 0 Å². The Hall–Kier alpha value is -1.97. The van der Waals surface area contributed by atoms with E-state index in [0.29, 0.717) is 12.5 Å². The molecule has 2 heterocycles. The van der Waals surface area contributed by atoms with E-state index in [1.807, 2.05) is 31.3 Å². The van der Waals surface area contributed by atoms with Crippen LogP contribution in [-0.4, -0.2) is 56.4 Å². The maximum Gasteiger partial charge on any atom is 0.194 e. The summed E-state index contributed by atoms with van der Waals surface area (Å²) in [5.74, 6) is 2.99. The number of hydrogen-bond donors (Lipinski definition) is 1. The molecule has 0 atom stereocenters. The molecule has 0 radical (unpaired) electrons. The van der Waals surface area contributed by atoms with Crippen molar-refractivity contribution in [2.24, 2.45) is 4.99 Å². The smallest absolute Gasteiger partial charge is 0.194 e. The van der Waals surface area contributed by atoms with Gasteiger partial charge in [-0.3, -0.25) is 4.99 Å². The predicted octanol–water partition coefficient (Wildman–Crippen LogP) is 3.32. The van der Waals surface area contributed by atoms with E-state index in [-0.39, 0.29) is 24.0 Å². The molecule has 1 aromatic heterocycles. The Morgan fingerprint density at radius 2 is 1.96 bits per heavy atom. The van der Waals surface area contributed by atoms with Crippen molar-refractivity contribution in [1.29, 1.82) is 0 Å². The van der Waals surface area contributed by atoms with Crippen molar-refractivity contribution in [3.8, 4) is 5.75 Å². The van der Waals surface area contributed by atoms with Gasteiger partial charge in [0, 0.05) is 39.3 Å². The first-order chi connectivity index (χ1) is 13.1. The zero-order chi connectivity index (χ0) is 19.2. The molecule has 1 aromatic carbocycles. The quantitative estimate of drug-likeness (QED) is 0.387. The lowest BCUT2D eigenvalue weighted by Gasteiger charge is -2.38. The molecule has 2 aromatic rings. The molecule has 0 bridgehead atoms. The maximum atomic E-state index is 5.49. The minimum absolute atomic E-state index is 0. The summed E-state index contributed by atoms with van der Waals surface area (Å²) in [5.41, 5.74) is 2.12. The van der Waals surface area contributed by atoms with Crippen LogP contribution in [0.15, 0.2) is 39.8 Å². The van der Waals surface area contributed by atoms with Gasteiger partial charge in [0.15, 0.2) is 11.7 Å². The van der Waals surface area contributed by atoms with Crippen LogP contribution in [0.1, 0.15) is 31.2 Å². The summed E-state index contributed by atoms with van der Waals surface area (Å²) in [5, 5.41) is 7.49. The molecular weight excluding hydrogens is 469 g/mol. The number of nitrogens with one attached hydrogen (secondary N) is 1. The van der Waals surface area contributed by atoms with Gasteiger partial charge in [0.25, 0.3) is 0 Å². The van der Waals surface area contributed by atoms with Gasteiger partial charge >= 0.3 is 0 Å². The Kier molecular flexibility index (Phi) is 8.40. The van der Waals surface area contributed by atoms with E-state index in [2.05, 4.69) is 45.2 Å². The van der Waals surface area contributed by atoms with Crippen molar-refractivity contribution < 1.29 is 9.26 Å². The fraction of sp³-hybridized carbons (Fsp3) is 0.500. The number of ether oxygens (including phenoxy) is 1. The number of benzene rings is 1. The molecule has 154 valence electrons. The molecule has 1 N–H and O–H groups in total. The lowest BCUT2D eigenvalue weighted by atomic mass is 10.1. The van der Waals surface area contributed by atoms with Crippen LogP contribution in [-0.2, 0) is 6.54 Å². The van der Waals surface area contributed by atoms with E-state index < -0.39 is 0 Å². The van der Waals surface area contributed by atoms with E-state index in [0.717, 1.165) is 55.0 Å². The zero-order valence-electron chi connectivity index (χ0n) is 17.0. The second kappa shape index (κ2) is 10.5.